The van der Waals surface area contributed by atoms with Gasteiger partial charge in [0.1, 0.15) is 5.75 Å². The summed E-state index contributed by atoms with van der Waals surface area (Å²) in [5.41, 5.74) is 1.17. The molecule has 0 bridgehead atoms. The van der Waals surface area contributed by atoms with Crippen molar-refractivity contribution >= 4 is 23.3 Å². The first-order valence-electron chi connectivity index (χ1n) is 6.54. The van der Waals surface area contributed by atoms with Crippen molar-refractivity contribution < 1.29 is 4.74 Å². The lowest BCUT2D eigenvalue weighted by atomic mass is 10.1. The molecule has 0 fully saturated rings. The van der Waals surface area contributed by atoms with E-state index in [4.69, 9.17) is 17.0 Å². The van der Waals surface area contributed by atoms with Gasteiger partial charge in [0.05, 0.1) is 6.61 Å². The number of imidazole rings is 1. The summed E-state index contributed by atoms with van der Waals surface area (Å²) in [7, 11) is 0. The van der Waals surface area contributed by atoms with Crippen molar-refractivity contribution in [1.29, 1.82) is 0 Å². The SMILES string of the molecule is CCOc1ccccc1CCNC(=S)Nc1ncc[nH]1. The molecule has 0 unspecified atom stereocenters. The van der Waals surface area contributed by atoms with Crippen LogP contribution < -0.4 is 15.4 Å². The van der Waals surface area contributed by atoms with E-state index >= 15 is 0 Å². The Morgan fingerprint density at radius 2 is 2.25 bits per heavy atom. The molecule has 5 nitrogen and oxygen atoms in total. The van der Waals surface area contributed by atoms with Crippen molar-refractivity contribution in [2.45, 2.75) is 13.3 Å². The second-order valence-corrected chi connectivity index (χ2v) is 4.52. The molecule has 0 radical (unpaired) electrons. The average molecular weight is 290 g/mol. The lowest BCUT2D eigenvalue weighted by Crippen LogP contribution is -2.30. The van der Waals surface area contributed by atoms with Crippen LogP contribution in [0, 0.1) is 0 Å². The number of aromatic nitrogens is 2. The Labute approximate surface area is 123 Å². The fraction of sp³-hybridized carbons (Fsp3) is 0.286. The minimum atomic E-state index is 0.550. The molecule has 2 aromatic rings. The number of ether oxygens (including phenoxy) is 1. The maximum Gasteiger partial charge on any atom is 0.206 e. The first kappa shape index (κ1) is 14.3. The summed E-state index contributed by atoms with van der Waals surface area (Å²) in [6.07, 6.45) is 4.25. The molecule has 0 amide bonds. The van der Waals surface area contributed by atoms with E-state index in [-0.39, 0.29) is 0 Å². The highest BCUT2D eigenvalue weighted by Gasteiger charge is 2.03. The molecule has 0 spiro atoms. The third-order valence-corrected chi connectivity index (χ3v) is 2.93. The van der Waals surface area contributed by atoms with Gasteiger partial charge in [-0.1, -0.05) is 18.2 Å². The van der Waals surface area contributed by atoms with E-state index in [1.165, 1.54) is 5.56 Å². The van der Waals surface area contributed by atoms with Gasteiger partial charge < -0.3 is 20.4 Å². The second kappa shape index (κ2) is 7.49. The number of hydrogen-bond donors (Lipinski definition) is 3. The summed E-state index contributed by atoms with van der Waals surface area (Å²) in [5, 5.41) is 6.66. The van der Waals surface area contributed by atoms with Crippen LogP contribution in [-0.2, 0) is 6.42 Å². The molecule has 6 heteroatoms. The minimum Gasteiger partial charge on any atom is -0.494 e. The molecular formula is C14H18N4OS. The van der Waals surface area contributed by atoms with Gasteiger partial charge in [-0.2, -0.15) is 0 Å². The topological polar surface area (TPSA) is 62.0 Å². The van der Waals surface area contributed by atoms with Crippen LogP contribution in [0.15, 0.2) is 36.7 Å². The molecule has 1 heterocycles. The summed E-state index contributed by atoms with van der Waals surface area (Å²) in [5.74, 6) is 1.57. The summed E-state index contributed by atoms with van der Waals surface area (Å²) in [6.45, 7) is 3.39. The molecule has 0 aliphatic carbocycles. The molecule has 2 rings (SSSR count). The average Bonchev–Trinajstić information content (AvgIpc) is 2.94. The number of thiocarbonyl (C=S) groups is 1. The van der Waals surface area contributed by atoms with Gasteiger partial charge in [0.25, 0.3) is 0 Å². The molecule has 0 saturated heterocycles. The van der Waals surface area contributed by atoms with Crippen LogP contribution in [0.4, 0.5) is 5.95 Å². The first-order valence-corrected chi connectivity index (χ1v) is 6.95. The van der Waals surface area contributed by atoms with Gasteiger partial charge in [-0.3, -0.25) is 0 Å². The second-order valence-electron chi connectivity index (χ2n) is 4.11. The van der Waals surface area contributed by atoms with Gasteiger partial charge in [-0.05, 0) is 37.2 Å². The normalized spacial score (nSPS) is 10.1. The molecular weight excluding hydrogens is 272 g/mol. The van der Waals surface area contributed by atoms with Crippen LogP contribution in [0.5, 0.6) is 5.75 Å². The Bertz CT molecular complexity index is 542. The zero-order valence-corrected chi connectivity index (χ0v) is 12.2. The summed E-state index contributed by atoms with van der Waals surface area (Å²) >= 11 is 5.19. The molecule has 0 saturated carbocycles. The van der Waals surface area contributed by atoms with Gasteiger partial charge in [0.15, 0.2) is 5.11 Å². The van der Waals surface area contributed by atoms with Crippen molar-refractivity contribution in [1.82, 2.24) is 15.3 Å². The Morgan fingerprint density at radius 3 is 3.00 bits per heavy atom. The van der Waals surface area contributed by atoms with E-state index in [1.807, 2.05) is 25.1 Å². The van der Waals surface area contributed by atoms with Crippen molar-refractivity contribution in [3.8, 4) is 5.75 Å². The van der Waals surface area contributed by atoms with E-state index in [1.54, 1.807) is 12.4 Å². The molecule has 3 N–H and O–H groups in total. The molecule has 0 aliphatic heterocycles. The number of aromatic amines is 1. The molecule has 106 valence electrons. The Balaban J connectivity index is 1.79. The zero-order chi connectivity index (χ0) is 14.2. The van der Waals surface area contributed by atoms with Crippen LogP contribution in [-0.4, -0.2) is 28.2 Å². The minimum absolute atomic E-state index is 0.550. The van der Waals surface area contributed by atoms with Gasteiger partial charge in [-0.15, -0.1) is 0 Å². The predicted octanol–water partition coefficient (Wildman–Crippen LogP) is 2.34. The Hall–Kier alpha value is -2.08. The van der Waals surface area contributed by atoms with Gasteiger partial charge >= 0.3 is 0 Å². The number of rotatable bonds is 6. The molecule has 0 aliphatic rings. The lowest BCUT2D eigenvalue weighted by molar-refractivity contribution is 0.336. The van der Waals surface area contributed by atoms with Crippen LogP contribution >= 0.6 is 12.2 Å². The number of nitrogens with zero attached hydrogens (tertiary/aromatic N) is 1. The predicted molar refractivity (Wildman–Crippen MR) is 84.1 cm³/mol. The number of hydrogen-bond acceptors (Lipinski definition) is 3. The van der Waals surface area contributed by atoms with E-state index < -0.39 is 0 Å². The number of benzene rings is 1. The van der Waals surface area contributed by atoms with Crippen molar-refractivity contribution in [3.05, 3.63) is 42.2 Å². The van der Waals surface area contributed by atoms with E-state index in [0.29, 0.717) is 17.7 Å². The largest absolute Gasteiger partial charge is 0.494 e. The fourth-order valence-electron chi connectivity index (χ4n) is 1.80. The van der Waals surface area contributed by atoms with Crippen molar-refractivity contribution in [3.63, 3.8) is 0 Å². The number of H-pyrrole nitrogens is 1. The highest BCUT2D eigenvalue weighted by molar-refractivity contribution is 7.80. The summed E-state index contributed by atoms with van der Waals surface area (Å²) in [6, 6.07) is 8.04. The van der Waals surface area contributed by atoms with E-state index in [2.05, 4.69) is 26.7 Å². The third-order valence-electron chi connectivity index (χ3n) is 2.68. The molecule has 1 aromatic heterocycles. The Kier molecular flexibility index (Phi) is 5.37. The zero-order valence-electron chi connectivity index (χ0n) is 11.3. The lowest BCUT2D eigenvalue weighted by Gasteiger charge is -2.11. The van der Waals surface area contributed by atoms with E-state index in [9.17, 15) is 0 Å². The smallest absolute Gasteiger partial charge is 0.206 e. The first-order chi connectivity index (χ1) is 9.79. The van der Waals surface area contributed by atoms with Gasteiger partial charge in [0.2, 0.25) is 5.95 Å². The van der Waals surface area contributed by atoms with Gasteiger partial charge in [0, 0.05) is 18.9 Å². The molecule has 1 aromatic carbocycles. The van der Waals surface area contributed by atoms with Crippen molar-refractivity contribution in [2.24, 2.45) is 0 Å². The quantitative estimate of drug-likeness (QED) is 0.713. The third kappa shape index (κ3) is 4.24. The van der Waals surface area contributed by atoms with Crippen LogP contribution in [0.1, 0.15) is 12.5 Å². The highest BCUT2D eigenvalue weighted by Crippen LogP contribution is 2.17. The summed E-state index contributed by atoms with van der Waals surface area (Å²) in [4.78, 5) is 6.98. The number of anilines is 1. The molecule has 0 atom stereocenters. The van der Waals surface area contributed by atoms with Gasteiger partial charge in [-0.25, -0.2) is 4.98 Å². The fourth-order valence-corrected chi connectivity index (χ4v) is 2.00. The van der Waals surface area contributed by atoms with Crippen LogP contribution in [0.25, 0.3) is 0 Å². The monoisotopic (exact) mass is 290 g/mol. The number of nitrogens with one attached hydrogen (secondary N) is 3. The standard InChI is InChI=1S/C14H18N4OS/c1-2-19-12-6-4-3-5-11(12)7-8-17-14(20)18-13-15-9-10-16-13/h3-6,9-10H,2,7-8H2,1H3,(H3,15,16,17,18,20). The number of para-hydroxylation sites is 1. The van der Waals surface area contributed by atoms with Crippen LogP contribution in [0.3, 0.4) is 0 Å². The maximum absolute atomic E-state index is 5.59. The van der Waals surface area contributed by atoms with E-state index in [0.717, 1.165) is 18.7 Å². The summed E-state index contributed by atoms with van der Waals surface area (Å²) < 4.78 is 5.59. The van der Waals surface area contributed by atoms with Crippen LogP contribution in [0.2, 0.25) is 0 Å². The van der Waals surface area contributed by atoms with Crippen molar-refractivity contribution in [2.75, 3.05) is 18.5 Å². The maximum atomic E-state index is 5.59. The Morgan fingerprint density at radius 1 is 1.40 bits per heavy atom. The highest BCUT2D eigenvalue weighted by atomic mass is 32.1. The molecule has 20 heavy (non-hydrogen) atoms.